The highest BCUT2D eigenvalue weighted by Crippen LogP contribution is 2.19. The third kappa shape index (κ3) is 4.01. The molecule has 1 fully saturated rings. The van der Waals surface area contributed by atoms with E-state index in [4.69, 9.17) is 5.73 Å². The lowest BCUT2D eigenvalue weighted by Crippen LogP contribution is -2.44. The van der Waals surface area contributed by atoms with E-state index in [1.165, 1.54) is 0 Å². The first kappa shape index (κ1) is 16.7. The molecule has 0 radical (unpaired) electrons. The Morgan fingerprint density at radius 2 is 2.12 bits per heavy atom. The number of carbonyl (C=O) groups is 2. The standard InChI is InChI=1S/C16H21N5O2S/c1-20-8-12(7-18-20)16(23)19-13-2-4-21(5-3-13)9-14-6-11(10-24-14)15(17)22/h6-8,10,13H,2-5,9H2,1H3,(H2,17,22)(H,19,23). The Balaban J connectivity index is 1.46. The van der Waals surface area contributed by atoms with Gasteiger partial charge in [0.2, 0.25) is 5.91 Å². The van der Waals surface area contributed by atoms with Crippen LogP contribution in [0.2, 0.25) is 0 Å². The van der Waals surface area contributed by atoms with Crippen LogP contribution in [0, 0.1) is 0 Å². The molecule has 2 aromatic heterocycles. The van der Waals surface area contributed by atoms with Crippen LogP contribution in [0.3, 0.4) is 0 Å². The van der Waals surface area contributed by atoms with Crippen molar-refractivity contribution in [1.29, 1.82) is 0 Å². The number of aromatic nitrogens is 2. The van der Waals surface area contributed by atoms with Crippen molar-refractivity contribution >= 4 is 23.2 Å². The Morgan fingerprint density at radius 1 is 1.38 bits per heavy atom. The van der Waals surface area contributed by atoms with Gasteiger partial charge >= 0.3 is 0 Å². The molecule has 1 aliphatic rings. The molecule has 0 saturated carbocycles. The Morgan fingerprint density at radius 3 is 2.71 bits per heavy atom. The zero-order valence-corrected chi connectivity index (χ0v) is 14.4. The zero-order chi connectivity index (χ0) is 17.1. The molecule has 0 aromatic carbocycles. The molecule has 0 atom stereocenters. The molecule has 7 nitrogen and oxygen atoms in total. The second-order valence-electron chi connectivity index (χ2n) is 6.09. The Bertz CT molecular complexity index is 730. The minimum Gasteiger partial charge on any atom is -0.366 e. The van der Waals surface area contributed by atoms with Crippen LogP contribution in [0.25, 0.3) is 0 Å². The number of hydrogen-bond donors (Lipinski definition) is 2. The van der Waals surface area contributed by atoms with E-state index < -0.39 is 0 Å². The maximum absolute atomic E-state index is 12.1. The summed E-state index contributed by atoms with van der Waals surface area (Å²) in [7, 11) is 1.80. The van der Waals surface area contributed by atoms with Gasteiger partial charge in [0, 0.05) is 49.2 Å². The van der Waals surface area contributed by atoms with Crippen molar-refractivity contribution in [2.45, 2.75) is 25.4 Å². The SMILES string of the molecule is Cn1cc(C(=O)NC2CCN(Cc3cc(C(N)=O)cs3)CC2)cn1. The Labute approximate surface area is 144 Å². The van der Waals surface area contributed by atoms with Crippen LogP contribution in [0.4, 0.5) is 0 Å². The Kier molecular flexibility index (Phi) is 4.96. The number of piperidine rings is 1. The third-order valence-corrected chi connectivity index (χ3v) is 5.13. The van der Waals surface area contributed by atoms with Crippen molar-refractivity contribution in [3.63, 3.8) is 0 Å². The normalized spacial score (nSPS) is 16.2. The van der Waals surface area contributed by atoms with Gasteiger partial charge in [-0.15, -0.1) is 11.3 Å². The van der Waals surface area contributed by atoms with Gasteiger partial charge in [-0.1, -0.05) is 0 Å². The number of hydrogen-bond acceptors (Lipinski definition) is 5. The summed E-state index contributed by atoms with van der Waals surface area (Å²) in [5.41, 5.74) is 6.45. The quantitative estimate of drug-likeness (QED) is 0.843. The van der Waals surface area contributed by atoms with E-state index in [9.17, 15) is 9.59 Å². The average Bonchev–Trinajstić information content (AvgIpc) is 3.18. The minimum absolute atomic E-state index is 0.0640. The maximum atomic E-state index is 12.1. The summed E-state index contributed by atoms with van der Waals surface area (Å²) in [6.45, 7) is 2.66. The van der Waals surface area contributed by atoms with Crippen molar-refractivity contribution in [3.8, 4) is 0 Å². The summed E-state index contributed by atoms with van der Waals surface area (Å²) in [5.74, 6) is -0.444. The molecule has 3 rings (SSSR count). The molecule has 8 heteroatoms. The van der Waals surface area contributed by atoms with Crippen molar-refractivity contribution < 1.29 is 9.59 Å². The van der Waals surface area contributed by atoms with Crippen molar-refractivity contribution in [3.05, 3.63) is 39.8 Å². The number of nitrogens with one attached hydrogen (secondary N) is 1. The molecule has 0 unspecified atom stereocenters. The molecule has 24 heavy (non-hydrogen) atoms. The lowest BCUT2D eigenvalue weighted by Gasteiger charge is -2.31. The molecule has 0 spiro atoms. The van der Waals surface area contributed by atoms with Gasteiger partial charge in [0.25, 0.3) is 5.91 Å². The first-order valence-corrected chi connectivity index (χ1v) is 8.78. The van der Waals surface area contributed by atoms with Gasteiger partial charge in [0.05, 0.1) is 17.3 Å². The molecular weight excluding hydrogens is 326 g/mol. The van der Waals surface area contributed by atoms with Crippen molar-refractivity contribution in [1.82, 2.24) is 20.0 Å². The Hall–Kier alpha value is -2.19. The second-order valence-corrected chi connectivity index (χ2v) is 7.09. The van der Waals surface area contributed by atoms with Crippen molar-refractivity contribution in [2.75, 3.05) is 13.1 Å². The number of primary amides is 1. The van der Waals surface area contributed by atoms with Crippen LogP contribution in [0.15, 0.2) is 23.8 Å². The van der Waals surface area contributed by atoms with Gasteiger partial charge in [-0.25, -0.2) is 0 Å². The van der Waals surface area contributed by atoms with E-state index in [1.807, 2.05) is 6.07 Å². The van der Waals surface area contributed by atoms with Gasteiger partial charge < -0.3 is 11.1 Å². The molecule has 128 valence electrons. The number of nitrogens with two attached hydrogens (primary N) is 1. The predicted molar refractivity (Wildman–Crippen MR) is 91.8 cm³/mol. The largest absolute Gasteiger partial charge is 0.366 e. The van der Waals surface area contributed by atoms with E-state index in [2.05, 4.69) is 15.3 Å². The van der Waals surface area contributed by atoms with Crippen LogP contribution < -0.4 is 11.1 Å². The number of rotatable bonds is 5. The smallest absolute Gasteiger partial charge is 0.254 e. The summed E-state index contributed by atoms with van der Waals surface area (Å²) in [6, 6.07) is 2.06. The first-order valence-electron chi connectivity index (χ1n) is 7.90. The lowest BCUT2D eigenvalue weighted by atomic mass is 10.0. The van der Waals surface area contributed by atoms with Gasteiger partial charge in [0.1, 0.15) is 0 Å². The molecule has 3 N–H and O–H groups in total. The third-order valence-electron chi connectivity index (χ3n) is 4.21. The second kappa shape index (κ2) is 7.14. The molecule has 2 amide bonds. The van der Waals surface area contributed by atoms with Crippen LogP contribution in [-0.2, 0) is 13.6 Å². The predicted octanol–water partition coefficient (Wildman–Crippen LogP) is 0.975. The molecule has 0 aliphatic carbocycles. The van der Waals surface area contributed by atoms with Gasteiger partial charge in [-0.3, -0.25) is 19.2 Å². The summed E-state index contributed by atoms with van der Waals surface area (Å²) < 4.78 is 1.62. The summed E-state index contributed by atoms with van der Waals surface area (Å²) in [4.78, 5) is 26.8. The maximum Gasteiger partial charge on any atom is 0.254 e. The fraction of sp³-hybridized carbons (Fsp3) is 0.438. The van der Waals surface area contributed by atoms with Gasteiger partial charge in [-0.05, 0) is 18.9 Å². The van der Waals surface area contributed by atoms with E-state index in [1.54, 1.807) is 40.8 Å². The zero-order valence-electron chi connectivity index (χ0n) is 13.6. The van der Waals surface area contributed by atoms with E-state index >= 15 is 0 Å². The van der Waals surface area contributed by atoms with Crippen molar-refractivity contribution in [2.24, 2.45) is 12.8 Å². The lowest BCUT2D eigenvalue weighted by molar-refractivity contribution is 0.0908. The monoisotopic (exact) mass is 347 g/mol. The molecule has 0 bridgehead atoms. The fourth-order valence-corrected chi connectivity index (χ4v) is 3.77. The highest BCUT2D eigenvalue weighted by atomic mass is 32.1. The summed E-state index contributed by atoms with van der Waals surface area (Å²) >= 11 is 1.56. The number of aryl methyl sites for hydroxylation is 1. The number of thiophene rings is 1. The first-order chi connectivity index (χ1) is 11.5. The average molecular weight is 347 g/mol. The van der Waals surface area contributed by atoms with Crippen LogP contribution in [0.5, 0.6) is 0 Å². The molecule has 1 saturated heterocycles. The number of nitrogens with zero attached hydrogens (tertiary/aromatic N) is 3. The highest BCUT2D eigenvalue weighted by Gasteiger charge is 2.22. The van der Waals surface area contributed by atoms with E-state index in [0.717, 1.165) is 37.4 Å². The summed E-state index contributed by atoms with van der Waals surface area (Å²) in [6.07, 6.45) is 5.13. The van der Waals surface area contributed by atoms with E-state index in [-0.39, 0.29) is 17.9 Å². The molecule has 2 aromatic rings. The van der Waals surface area contributed by atoms with Gasteiger partial charge in [-0.2, -0.15) is 5.10 Å². The topological polar surface area (TPSA) is 93.3 Å². The van der Waals surface area contributed by atoms with Crippen LogP contribution in [0.1, 0.15) is 38.4 Å². The highest BCUT2D eigenvalue weighted by molar-refractivity contribution is 7.10. The van der Waals surface area contributed by atoms with Crippen LogP contribution in [-0.4, -0.2) is 45.6 Å². The molecule has 3 heterocycles. The minimum atomic E-state index is -0.380. The number of likely N-dealkylation sites (tertiary alicyclic amines) is 1. The summed E-state index contributed by atoms with van der Waals surface area (Å²) in [5, 5.41) is 8.90. The molecule has 1 aliphatic heterocycles. The number of carbonyl (C=O) groups excluding carboxylic acids is 2. The molecular formula is C16H21N5O2S. The fourth-order valence-electron chi connectivity index (χ4n) is 2.86. The van der Waals surface area contributed by atoms with Crippen LogP contribution >= 0.6 is 11.3 Å². The number of amides is 2. The van der Waals surface area contributed by atoms with Gasteiger partial charge in [0.15, 0.2) is 0 Å². The van der Waals surface area contributed by atoms with E-state index in [0.29, 0.717) is 11.1 Å².